The topological polar surface area (TPSA) is 58.6 Å². The van der Waals surface area contributed by atoms with Crippen LogP contribution in [0.4, 0.5) is 10.5 Å². The molecule has 1 aliphatic carbocycles. The van der Waals surface area contributed by atoms with Gasteiger partial charge in [0, 0.05) is 25.2 Å². The molecule has 0 aromatic heterocycles. The zero-order chi connectivity index (χ0) is 24.8. The van der Waals surface area contributed by atoms with E-state index in [1.807, 2.05) is 49.9 Å². The average Bonchev–Trinajstić information content (AvgIpc) is 3.08. The van der Waals surface area contributed by atoms with Crippen LogP contribution in [0.5, 0.6) is 0 Å². The number of fused-ring (bicyclic) bond motifs is 1. The van der Waals surface area contributed by atoms with E-state index in [1.165, 1.54) is 11.1 Å². The zero-order valence-electron chi connectivity index (χ0n) is 21.5. The van der Waals surface area contributed by atoms with Crippen LogP contribution < -0.4 is 5.32 Å². The normalized spacial score (nSPS) is 13.5. The van der Waals surface area contributed by atoms with E-state index in [2.05, 4.69) is 57.3 Å². The minimum Gasteiger partial charge on any atom is -0.444 e. The van der Waals surface area contributed by atoms with E-state index in [0.29, 0.717) is 17.6 Å². The van der Waals surface area contributed by atoms with Gasteiger partial charge in [0.2, 0.25) is 5.91 Å². The number of amides is 2. The van der Waals surface area contributed by atoms with Crippen molar-refractivity contribution in [3.8, 4) is 0 Å². The monoisotopic (exact) mass is 452 g/mol. The van der Waals surface area contributed by atoms with Crippen molar-refractivity contribution in [1.29, 1.82) is 0 Å². The molecule has 33 heavy (non-hydrogen) atoms. The first-order valence-electron chi connectivity index (χ1n) is 11.6. The molecule has 0 heterocycles. The van der Waals surface area contributed by atoms with Crippen molar-refractivity contribution in [2.24, 2.45) is 5.41 Å². The molecular formula is C28H40N2O3. The molecule has 3 rings (SSSR count). The highest BCUT2D eigenvalue weighted by Gasteiger charge is 2.28. The Morgan fingerprint density at radius 1 is 0.909 bits per heavy atom. The number of nitrogens with zero attached hydrogens (tertiary/aromatic N) is 1. The van der Waals surface area contributed by atoms with Gasteiger partial charge in [-0.15, -0.1) is 0 Å². The molecule has 5 nitrogen and oxygen atoms in total. The number of anilines is 1. The smallest absolute Gasteiger partial charge is 0.412 e. The minimum atomic E-state index is -0.537. The molecule has 180 valence electrons. The van der Waals surface area contributed by atoms with Crippen LogP contribution in [0.25, 0.3) is 0 Å². The highest BCUT2D eigenvalue weighted by molar-refractivity contribution is 5.84. The third kappa shape index (κ3) is 9.68. The molecule has 0 aliphatic heterocycles. The van der Waals surface area contributed by atoms with Gasteiger partial charge >= 0.3 is 6.09 Å². The van der Waals surface area contributed by atoms with Crippen LogP contribution >= 0.6 is 0 Å². The summed E-state index contributed by atoms with van der Waals surface area (Å²) in [6.45, 7) is 16.4. The maximum Gasteiger partial charge on any atom is 0.412 e. The van der Waals surface area contributed by atoms with Crippen molar-refractivity contribution in [1.82, 2.24) is 4.90 Å². The fourth-order valence-corrected chi connectivity index (χ4v) is 3.57. The van der Waals surface area contributed by atoms with Crippen LogP contribution in [0.1, 0.15) is 72.1 Å². The average molecular weight is 453 g/mol. The molecule has 2 aromatic carbocycles. The molecule has 0 saturated carbocycles. The van der Waals surface area contributed by atoms with E-state index in [-0.39, 0.29) is 11.9 Å². The Morgan fingerprint density at radius 2 is 1.39 bits per heavy atom. The van der Waals surface area contributed by atoms with Gasteiger partial charge in [-0.05, 0) is 67.9 Å². The fraction of sp³-hybridized carbons (Fsp3) is 0.500. The first-order valence-corrected chi connectivity index (χ1v) is 11.6. The Kier molecular flexibility index (Phi) is 8.70. The highest BCUT2D eigenvalue weighted by atomic mass is 16.6. The lowest BCUT2D eigenvalue weighted by molar-refractivity contribution is -0.131. The van der Waals surface area contributed by atoms with Gasteiger partial charge in [-0.3, -0.25) is 10.1 Å². The number of hydrogen-bond acceptors (Lipinski definition) is 3. The van der Waals surface area contributed by atoms with Crippen molar-refractivity contribution in [3.63, 3.8) is 0 Å². The molecule has 0 fully saturated rings. The number of hydrogen-bond donors (Lipinski definition) is 1. The van der Waals surface area contributed by atoms with Gasteiger partial charge in [0.1, 0.15) is 5.60 Å². The molecule has 0 atom stereocenters. The predicted octanol–water partition coefficient (Wildman–Crippen LogP) is 6.60. The molecule has 0 radical (unpaired) electrons. The summed E-state index contributed by atoms with van der Waals surface area (Å²) in [7, 11) is 0. The maximum atomic E-state index is 12.3. The summed E-state index contributed by atoms with van der Waals surface area (Å²) < 4.78 is 5.26. The van der Waals surface area contributed by atoms with E-state index >= 15 is 0 Å². The highest BCUT2D eigenvalue weighted by Crippen LogP contribution is 2.27. The number of rotatable bonds is 4. The van der Waals surface area contributed by atoms with Crippen molar-refractivity contribution in [2.45, 2.75) is 86.4 Å². The summed E-state index contributed by atoms with van der Waals surface area (Å²) in [5.74, 6) is 0.0776. The van der Waals surface area contributed by atoms with E-state index in [0.717, 1.165) is 18.4 Å². The number of carbonyl (C=O) groups excluding carboxylic acids is 2. The molecule has 0 saturated heterocycles. The van der Waals surface area contributed by atoms with E-state index < -0.39 is 11.7 Å². The number of benzene rings is 2. The third-order valence-corrected chi connectivity index (χ3v) is 4.83. The van der Waals surface area contributed by atoms with Crippen LogP contribution in [0.2, 0.25) is 0 Å². The van der Waals surface area contributed by atoms with Crippen molar-refractivity contribution >= 4 is 17.7 Å². The van der Waals surface area contributed by atoms with Crippen LogP contribution in [0, 0.1) is 5.41 Å². The summed E-state index contributed by atoms with van der Waals surface area (Å²) in [6, 6.07) is 16.1. The molecular weight excluding hydrogens is 412 g/mol. The van der Waals surface area contributed by atoms with Gasteiger partial charge in [-0.25, -0.2) is 4.79 Å². The molecule has 5 heteroatoms. The Labute approximate surface area is 199 Å². The SMILES string of the molecule is CC(=O)N(Cc1ccc(NC(=O)OC(C)(C)C)cc1)C1Cc2ccccc2C1.CC(C)(C)C. The van der Waals surface area contributed by atoms with Gasteiger partial charge in [0.25, 0.3) is 0 Å². The van der Waals surface area contributed by atoms with Crippen LogP contribution in [0.15, 0.2) is 48.5 Å². The number of nitrogens with one attached hydrogen (secondary N) is 1. The number of carbonyl (C=O) groups is 2. The summed E-state index contributed by atoms with van der Waals surface area (Å²) in [4.78, 5) is 26.1. The summed E-state index contributed by atoms with van der Waals surface area (Å²) in [5, 5.41) is 2.73. The van der Waals surface area contributed by atoms with Gasteiger partial charge in [-0.2, -0.15) is 0 Å². The summed E-state index contributed by atoms with van der Waals surface area (Å²) in [6.07, 6.45) is 1.32. The Hall–Kier alpha value is -2.82. The maximum absolute atomic E-state index is 12.3. The van der Waals surface area contributed by atoms with Crippen molar-refractivity contribution in [2.75, 3.05) is 5.32 Å². The lowest BCUT2D eigenvalue weighted by Crippen LogP contribution is -2.39. The van der Waals surface area contributed by atoms with Crippen LogP contribution in [0.3, 0.4) is 0 Å². The molecule has 0 bridgehead atoms. The van der Waals surface area contributed by atoms with Crippen molar-refractivity contribution < 1.29 is 14.3 Å². The Morgan fingerprint density at radius 3 is 1.82 bits per heavy atom. The predicted molar refractivity (Wildman–Crippen MR) is 135 cm³/mol. The van der Waals surface area contributed by atoms with Gasteiger partial charge in [-0.1, -0.05) is 64.1 Å². The third-order valence-electron chi connectivity index (χ3n) is 4.83. The largest absolute Gasteiger partial charge is 0.444 e. The number of ether oxygens (including phenoxy) is 1. The fourth-order valence-electron chi connectivity index (χ4n) is 3.57. The molecule has 1 N–H and O–H groups in total. The van der Waals surface area contributed by atoms with Gasteiger partial charge in [0.15, 0.2) is 0 Å². The van der Waals surface area contributed by atoms with Crippen molar-refractivity contribution in [3.05, 3.63) is 65.2 Å². The molecule has 0 spiro atoms. The van der Waals surface area contributed by atoms with Crippen LogP contribution in [-0.2, 0) is 28.9 Å². The van der Waals surface area contributed by atoms with E-state index in [1.54, 1.807) is 6.92 Å². The molecule has 2 aromatic rings. The molecule has 2 amide bonds. The first-order chi connectivity index (χ1) is 15.2. The zero-order valence-corrected chi connectivity index (χ0v) is 21.5. The summed E-state index contributed by atoms with van der Waals surface area (Å²) >= 11 is 0. The minimum absolute atomic E-state index is 0.0776. The standard InChI is InChI=1S/C23H28N2O3.C5H12/c1-16(26)25(21-13-18-7-5-6-8-19(18)14-21)15-17-9-11-20(12-10-17)24-22(27)28-23(2,3)4;1-5(2,3)4/h5-12,21H,13-15H2,1-4H3,(H,24,27);1-4H3. The van der Waals surface area contributed by atoms with E-state index in [9.17, 15) is 9.59 Å². The second-order valence-electron chi connectivity index (χ2n) is 11.3. The molecule has 1 aliphatic rings. The second-order valence-corrected chi connectivity index (χ2v) is 11.3. The Bertz CT molecular complexity index is 906. The lowest BCUT2D eigenvalue weighted by Gasteiger charge is -2.28. The van der Waals surface area contributed by atoms with Gasteiger partial charge < -0.3 is 9.64 Å². The van der Waals surface area contributed by atoms with E-state index in [4.69, 9.17) is 4.74 Å². The quantitative estimate of drug-likeness (QED) is 0.568. The molecule has 0 unspecified atom stereocenters. The lowest BCUT2D eigenvalue weighted by atomic mass is 10.0. The summed E-state index contributed by atoms with van der Waals surface area (Å²) in [5.41, 5.74) is 4.32. The van der Waals surface area contributed by atoms with Crippen LogP contribution in [-0.4, -0.2) is 28.5 Å². The first kappa shape index (κ1) is 26.4. The second kappa shape index (κ2) is 10.9. The Balaban J connectivity index is 0.000000696. The van der Waals surface area contributed by atoms with Gasteiger partial charge in [0.05, 0.1) is 0 Å².